The van der Waals surface area contributed by atoms with Crippen LogP contribution in [0.15, 0.2) is 12.1 Å². The molecule has 94 valence electrons. The van der Waals surface area contributed by atoms with Crippen LogP contribution in [-0.4, -0.2) is 17.1 Å². The minimum atomic E-state index is -1.10. The lowest BCUT2D eigenvalue weighted by molar-refractivity contribution is -0.138. The highest BCUT2D eigenvalue weighted by atomic mass is 35.5. The molecule has 0 fully saturated rings. The molecule has 1 aromatic rings. The molecule has 1 aromatic carbocycles. The second-order valence-corrected chi connectivity index (χ2v) is 4.21. The van der Waals surface area contributed by atoms with Crippen molar-refractivity contribution < 1.29 is 14.3 Å². The first-order chi connectivity index (χ1) is 7.58. The zero-order valence-electron chi connectivity index (χ0n) is 9.28. The van der Waals surface area contributed by atoms with Crippen LogP contribution in [0.2, 0.25) is 0 Å². The molecule has 2 rings (SSSR count). The lowest BCUT2D eigenvalue weighted by atomic mass is 10.0. The maximum Gasteiger partial charge on any atom is 0.320 e. The van der Waals surface area contributed by atoms with Crippen molar-refractivity contribution in [1.29, 1.82) is 0 Å². The first kappa shape index (κ1) is 13.9. The van der Waals surface area contributed by atoms with Gasteiger partial charge in [-0.25, -0.2) is 4.39 Å². The molecule has 0 aliphatic heterocycles. The Hall–Kier alpha value is -1.13. The van der Waals surface area contributed by atoms with Crippen LogP contribution in [0.3, 0.4) is 0 Å². The minimum absolute atomic E-state index is 0. The number of aryl methyl sites for hydroxylation is 2. The van der Waals surface area contributed by atoms with Gasteiger partial charge < -0.3 is 10.8 Å². The van der Waals surface area contributed by atoms with E-state index in [2.05, 4.69) is 0 Å². The molecule has 17 heavy (non-hydrogen) atoms. The fraction of sp³-hybridized carbons (Fsp3) is 0.417. The molecule has 0 bridgehead atoms. The lowest BCUT2D eigenvalue weighted by Crippen LogP contribution is -2.32. The Balaban J connectivity index is 0.00000144. The fourth-order valence-electron chi connectivity index (χ4n) is 2.13. The summed E-state index contributed by atoms with van der Waals surface area (Å²) in [6.07, 6.45) is 2.96. The largest absolute Gasteiger partial charge is 0.480 e. The van der Waals surface area contributed by atoms with Gasteiger partial charge in [-0.15, -0.1) is 12.4 Å². The average Bonchev–Trinajstić information content (AvgIpc) is 2.65. The van der Waals surface area contributed by atoms with Crippen LogP contribution in [0.25, 0.3) is 0 Å². The van der Waals surface area contributed by atoms with E-state index >= 15 is 0 Å². The number of halogens is 2. The average molecular weight is 260 g/mol. The summed E-state index contributed by atoms with van der Waals surface area (Å²) in [5.41, 5.74) is 7.99. The van der Waals surface area contributed by atoms with E-state index in [1.165, 1.54) is 6.07 Å². The Labute approximate surface area is 105 Å². The van der Waals surface area contributed by atoms with Gasteiger partial charge in [0.15, 0.2) is 0 Å². The summed E-state index contributed by atoms with van der Waals surface area (Å²) in [7, 11) is 0. The zero-order valence-corrected chi connectivity index (χ0v) is 10.1. The van der Waals surface area contributed by atoms with Gasteiger partial charge in [0.25, 0.3) is 0 Å². The van der Waals surface area contributed by atoms with Gasteiger partial charge in [-0.2, -0.15) is 0 Å². The quantitative estimate of drug-likeness (QED) is 0.868. The monoisotopic (exact) mass is 259 g/mol. The summed E-state index contributed by atoms with van der Waals surface area (Å²) in [5, 5.41) is 8.68. The molecule has 0 spiro atoms. The highest BCUT2D eigenvalue weighted by Gasteiger charge is 2.18. The molecular formula is C12H15ClFNO2. The van der Waals surface area contributed by atoms with Crippen LogP contribution in [0, 0.1) is 5.82 Å². The van der Waals surface area contributed by atoms with Crippen molar-refractivity contribution in [3.63, 3.8) is 0 Å². The molecule has 0 unspecified atom stereocenters. The maximum absolute atomic E-state index is 13.6. The second-order valence-electron chi connectivity index (χ2n) is 4.21. The predicted molar refractivity (Wildman–Crippen MR) is 65.0 cm³/mol. The fourth-order valence-corrected chi connectivity index (χ4v) is 2.13. The Bertz CT molecular complexity index is 437. The number of fused-ring (bicyclic) bond motifs is 1. The first-order valence-electron chi connectivity index (χ1n) is 5.36. The Morgan fingerprint density at radius 3 is 2.59 bits per heavy atom. The normalized spacial score (nSPS) is 14.9. The van der Waals surface area contributed by atoms with E-state index in [9.17, 15) is 9.18 Å². The topological polar surface area (TPSA) is 63.3 Å². The van der Waals surface area contributed by atoms with Crippen molar-refractivity contribution >= 4 is 18.4 Å². The summed E-state index contributed by atoms with van der Waals surface area (Å²) in [4.78, 5) is 10.6. The molecule has 0 radical (unpaired) electrons. The third-order valence-electron chi connectivity index (χ3n) is 3.02. The van der Waals surface area contributed by atoms with Crippen LogP contribution in [0.5, 0.6) is 0 Å². The molecule has 0 amide bonds. The highest BCUT2D eigenvalue weighted by Crippen LogP contribution is 2.25. The van der Waals surface area contributed by atoms with Crippen LogP contribution in [0.1, 0.15) is 23.1 Å². The Morgan fingerprint density at radius 2 is 2.00 bits per heavy atom. The van der Waals surface area contributed by atoms with Crippen LogP contribution in [-0.2, 0) is 24.1 Å². The van der Waals surface area contributed by atoms with Crippen molar-refractivity contribution in [2.45, 2.75) is 31.7 Å². The van der Waals surface area contributed by atoms with E-state index in [-0.39, 0.29) is 24.6 Å². The smallest absolute Gasteiger partial charge is 0.320 e. The van der Waals surface area contributed by atoms with Gasteiger partial charge in [-0.1, -0.05) is 6.07 Å². The number of hydrogen-bond acceptors (Lipinski definition) is 2. The van der Waals surface area contributed by atoms with Gasteiger partial charge in [0, 0.05) is 6.42 Å². The Morgan fingerprint density at radius 1 is 1.41 bits per heavy atom. The number of carboxylic acid groups (broad SMARTS) is 1. The maximum atomic E-state index is 13.6. The number of hydrogen-bond donors (Lipinski definition) is 2. The predicted octanol–water partition coefficient (Wildman–Crippen LogP) is 1.69. The lowest BCUT2D eigenvalue weighted by Gasteiger charge is -2.09. The van der Waals surface area contributed by atoms with Crippen LogP contribution < -0.4 is 5.73 Å². The molecular weight excluding hydrogens is 245 g/mol. The molecule has 3 nitrogen and oxygen atoms in total. The summed E-state index contributed by atoms with van der Waals surface area (Å²) >= 11 is 0. The van der Waals surface area contributed by atoms with Gasteiger partial charge in [-0.3, -0.25) is 4.79 Å². The molecule has 0 aromatic heterocycles. The van der Waals surface area contributed by atoms with E-state index in [0.717, 1.165) is 30.4 Å². The molecule has 0 saturated carbocycles. The number of rotatable bonds is 3. The van der Waals surface area contributed by atoms with E-state index in [1.807, 2.05) is 0 Å². The third kappa shape index (κ3) is 2.96. The number of carboxylic acids is 1. The van der Waals surface area contributed by atoms with E-state index < -0.39 is 12.0 Å². The van der Waals surface area contributed by atoms with E-state index in [1.54, 1.807) is 6.07 Å². The summed E-state index contributed by atoms with van der Waals surface area (Å²) < 4.78 is 13.6. The summed E-state index contributed by atoms with van der Waals surface area (Å²) in [6, 6.07) is 2.25. The van der Waals surface area contributed by atoms with Crippen LogP contribution in [0.4, 0.5) is 4.39 Å². The van der Waals surface area contributed by atoms with Crippen molar-refractivity contribution in [2.24, 2.45) is 5.73 Å². The number of aliphatic carboxylic acids is 1. The molecule has 1 atom stereocenters. The third-order valence-corrected chi connectivity index (χ3v) is 3.02. The van der Waals surface area contributed by atoms with E-state index in [0.29, 0.717) is 5.56 Å². The van der Waals surface area contributed by atoms with Gasteiger partial charge in [0.1, 0.15) is 11.9 Å². The molecule has 0 heterocycles. The van der Waals surface area contributed by atoms with Crippen molar-refractivity contribution in [2.75, 3.05) is 0 Å². The first-order valence-corrected chi connectivity index (χ1v) is 5.36. The van der Waals surface area contributed by atoms with Gasteiger partial charge in [-0.05, 0) is 42.0 Å². The number of benzene rings is 1. The second kappa shape index (κ2) is 5.47. The summed E-state index contributed by atoms with van der Waals surface area (Å²) in [6.45, 7) is 0. The SMILES string of the molecule is Cl.N[C@@H](Cc1cc2c(cc1F)CCC2)C(=O)O. The van der Waals surface area contributed by atoms with Crippen molar-refractivity contribution in [3.05, 3.63) is 34.6 Å². The summed E-state index contributed by atoms with van der Waals surface area (Å²) in [5.74, 6) is -1.43. The standard InChI is InChI=1S/C12H14FNO2.ClH/c13-10-5-8-3-1-2-7(8)4-9(10)6-11(14)12(15)16;/h4-5,11H,1-3,6,14H2,(H,15,16);1H/t11-;/m0./s1. The number of carbonyl (C=O) groups is 1. The van der Waals surface area contributed by atoms with Gasteiger partial charge >= 0.3 is 5.97 Å². The van der Waals surface area contributed by atoms with Crippen LogP contribution >= 0.6 is 12.4 Å². The van der Waals surface area contributed by atoms with Crippen molar-refractivity contribution in [1.82, 2.24) is 0 Å². The molecule has 0 saturated heterocycles. The number of nitrogens with two attached hydrogens (primary N) is 1. The molecule has 1 aliphatic rings. The minimum Gasteiger partial charge on any atom is -0.480 e. The molecule has 3 N–H and O–H groups in total. The highest BCUT2D eigenvalue weighted by molar-refractivity contribution is 5.85. The molecule has 1 aliphatic carbocycles. The van der Waals surface area contributed by atoms with Gasteiger partial charge in [0.05, 0.1) is 0 Å². The van der Waals surface area contributed by atoms with Gasteiger partial charge in [0.2, 0.25) is 0 Å². The van der Waals surface area contributed by atoms with Crippen molar-refractivity contribution in [3.8, 4) is 0 Å². The zero-order chi connectivity index (χ0) is 11.7. The Kier molecular flexibility index (Phi) is 4.48. The van der Waals surface area contributed by atoms with E-state index in [4.69, 9.17) is 10.8 Å². The molecule has 5 heteroatoms.